The number of unbranched alkanes of at least 4 members (excludes halogenated alkanes) is 2. The van der Waals surface area contributed by atoms with Gasteiger partial charge in [-0.15, -0.1) is 22.7 Å². The first kappa shape index (κ1) is 18.9. The van der Waals surface area contributed by atoms with Crippen molar-refractivity contribution in [2.75, 3.05) is 0 Å². The topological polar surface area (TPSA) is 12.4 Å². The molecule has 0 aliphatic heterocycles. The number of aryl methyl sites for hydroxylation is 2. The van der Waals surface area contributed by atoms with Gasteiger partial charge in [0.05, 0.1) is 10.0 Å². The van der Waals surface area contributed by atoms with Gasteiger partial charge in [-0.1, -0.05) is 31.6 Å². The van der Waals surface area contributed by atoms with Crippen molar-refractivity contribution in [3.05, 3.63) is 51.0 Å². The molecular weight excluding hydrogens is 381 g/mol. The minimum absolute atomic E-state index is 0.234. The van der Waals surface area contributed by atoms with E-state index in [9.17, 15) is 4.39 Å². The van der Waals surface area contributed by atoms with Crippen molar-refractivity contribution >= 4 is 55.1 Å². The first-order valence-corrected chi connectivity index (χ1v) is 10.6. The smallest absolute Gasteiger partial charge is 0.151 e. The maximum absolute atomic E-state index is 14.1. The maximum atomic E-state index is 14.1. The number of rotatable bonds is 5. The van der Waals surface area contributed by atoms with Gasteiger partial charge in [0.15, 0.2) is 5.82 Å². The molecule has 0 aliphatic carbocycles. The van der Waals surface area contributed by atoms with Crippen LogP contribution in [0, 0.1) is 24.6 Å². The van der Waals surface area contributed by atoms with E-state index < -0.39 is 5.82 Å². The van der Waals surface area contributed by atoms with Gasteiger partial charge in [-0.05, 0) is 61.8 Å². The summed E-state index contributed by atoms with van der Waals surface area (Å²) in [5, 5.41) is 2.21. The van der Waals surface area contributed by atoms with E-state index in [1.165, 1.54) is 39.6 Å². The summed E-state index contributed by atoms with van der Waals surface area (Å²) in [6.07, 6.45) is 4.95. The molecule has 0 saturated heterocycles. The fourth-order valence-corrected chi connectivity index (χ4v) is 5.16. The van der Waals surface area contributed by atoms with Crippen LogP contribution in [0.15, 0.2) is 29.3 Å². The Bertz CT molecular complexity index is 988. The minimum atomic E-state index is -0.421. The Labute approximate surface area is 166 Å². The van der Waals surface area contributed by atoms with Gasteiger partial charge < -0.3 is 0 Å². The Morgan fingerprint density at radius 1 is 1.08 bits per heavy atom. The second-order valence-corrected chi connectivity index (χ2v) is 8.52. The van der Waals surface area contributed by atoms with Gasteiger partial charge in [0.25, 0.3) is 0 Å². The van der Waals surface area contributed by atoms with Crippen molar-refractivity contribution in [3.8, 4) is 11.8 Å². The lowest BCUT2D eigenvalue weighted by molar-refractivity contribution is 0.628. The minimum Gasteiger partial charge on any atom is -0.205 e. The highest BCUT2D eigenvalue weighted by Gasteiger charge is 2.07. The van der Waals surface area contributed by atoms with Crippen molar-refractivity contribution in [1.82, 2.24) is 0 Å². The summed E-state index contributed by atoms with van der Waals surface area (Å²) in [7, 11) is 0. The van der Waals surface area contributed by atoms with Crippen molar-refractivity contribution in [1.29, 1.82) is 0 Å². The Kier molecular flexibility index (Phi) is 6.34. The standard InChI is InChI=1S/C21H18FNS3/c1-3-4-5-6-16-11-19-20(25-16)12-17(26-19)8-7-15-9-14(2)21(23-13-24)18(22)10-15/h9-12H,3-6H2,1-2H3. The monoisotopic (exact) mass is 399 g/mol. The number of hydrogen-bond donors (Lipinski definition) is 0. The van der Waals surface area contributed by atoms with Crippen molar-refractivity contribution < 1.29 is 4.39 Å². The van der Waals surface area contributed by atoms with Gasteiger partial charge >= 0.3 is 0 Å². The maximum Gasteiger partial charge on any atom is 0.151 e. The summed E-state index contributed by atoms with van der Waals surface area (Å²) in [6.45, 7) is 4.02. The van der Waals surface area contributed by atoms with E-state index in [0.29, 0.717) is 11.1 Å². The average molecular weight is 400 g/mol. The first-order chi connectivity index (χ1) is 12.6. The molecule has 26 heavy (non-hydrogen) atoms. The van der Waals surface area contributed by atoms with Crippen LogP contribution in [0.5, 0.6) is 0 Å². The molecule has 2 aromatic heterocycles. The second-order valence-electron chi connectivity index (χ2n) is 6.09. The number of thiocarbonyl (C=S) groups is 1. The summed E-state index contributed by atoms with van der Waals surface area (Å²) in [6, 6.07) is 7.64. The van der Waals surface area contributed by atoms with Crippen LogP contribution in [0.3, 0.4) is 0 Å². The van der Waals surface area contributed by atoms with Gasteiger partial charge in [0.1, 0.15) is 5.69 Å². The predicted octanol–water partition coefficient (Wildman–Crippen LogP) is 7.28. The Morgan fingerprint density at radius 3 is 2.58 bits per heavy atom. The fourth-order valence-electron chi connectivity index (χ4n) is 2.75. The average Bonchev–Trinajstić information content (AvgIpc) is 3.14. The number of thiophene rings is 2. The summed E-state index contributed by atoms with van der Waals surface area (Å²) in [5.74, 6) is 5.79. The molecule has 3 aromatic rings. The summed E-state index contributed by atoms with van der Waals surface area (Å²) in [5.41, 5.74) is 1.58. The van der Waals surface area contributed by atoms with Crippen LogP contribution in [0.4, 0.5) is 10.1 Å². The molecule has 2 heterocycles. The number of fused-ring (bicyclic) bond motifs is 1. The molecule has 0 bridgehead atoms. The van der Waals surface area contributed by atoms with Crippen LogP contribution in [0.1, 0.15) is 47.1 Å². The largest absolute Gasteiger partial charge is 0.205 e. The molecular formula is C21H18FNS3. The van der Waals surface area contributed by atoms with Crippen LogP contribution in [-0.4, -0.2) is 5.16 Å². The highest BCUT2D eigenvalue weighted by Crippen LogP contribution is 2.33. The summed E-state index contributed by atoms with van der Waals surface area (Å²) >= 11 is 8.11. The third-order valence-corrected chi connectivity index (χ3v) is 6.39. The van der Waals surface area contributed by atoms with E-state index in [1.54, 1.807) is 18.3 Å². The molecule has 0 aliphatic rings. The quantitative estimate of drug-likeness (QED) is 0.190. The number of benzene rings is 1. The number of halogens is 1. The van der Waals surface area contributed by atoms with Crippen molar-refractivity contribution in [3.63, 3.8) is 0 Å². The molecule has 1 aromatic carbocycles. The highest BCUT2D eigenvalue weighted by atomic mass is 32.1. The SMILES string of the molecule is CCCCCc1cc2sc(C#Cc3cc(C)c(N=C=S)c(F)c3)cc2s1. The Balaban J connectivity index is 1.79. The molecule has 0 amide bonds. The molecule has 132 valence electrons. The van der Waals surface area contributed by atoms with Crippen LogP contribution in [-0.2, 0) is 6.42 Å². The van der Waals surface area contributed by atoms with E-state index in [-0.39, 0.29) is 5.69 Å². The Morgan fingerprint density at radius 2 is 1.88 bits per heavy atom. The van der Waals surface area contributed by atoms with E-state index in [1.807, 2.05) is 17.4 Å². The van der Waals surface area contributed by atoms with E-state index in [4.69, 9.17) is 0 Å². The summed E-state index contributed by atoms with van der Waals surface area (Å²) < 4.78 is 16.7. The first-order valence-electron chi connectivity index (χ1n) is 8.53. The lowest BCUT2D eigenvalue weighted by Gasteiger charge is -2.01. The lowest BCUT2D eigenvalue weighted by atomic mass is 10.1. The van der Waals surface area contributed by atoms with E-state index >= 15 is 0 Å². The molecule has 0 atom stereocenters. The van der Waals surface area contributed by atoms with Gasteiger partial charge in [-0.2, -0.15) is 4.99 Å². The zero-order valence-corrected chi connectivity index (χ0v) is 17.1. The second kappa shape index (κ2) is 8.70. The van der Waals surface area contributed by atoms with Gasteiger partial charge in [0.2, 0.25) is 0 Å². The highest BCUT2D eigenvalue weighted by molar-refractivity contribution is 7.78. The molecule has 0 saturated carbocycles. The van der Waals surface area contributed by atoms with Crippen LogP contribution in [0.2, 0.25) is 0 Å². The van der Waals surface area contributed by atoms with Gasteiger partial charge in [-0.3, -0.25) is 0 Å². The number of nitrogens with zero attached hydrogens (tertiary/aromatic N) is 1. The third kappa shape index (κ3) is 4.47. The molecule has 5 heteroatoms. The zero-order chi connectivity index (χ0) is 18.5. The predicted molar refractivity (Wildman–Crippen MR) is 115 cm³/mol. The molecule has 1 nitrogen and oxygen atoms in total. The van der Waals surface area contributed by atoms with Crippen molar-refractivity contribution in [2.24, 2.45) is 4.99 Å². The number of hydrogen-bond acceptors (Lipinski definition) is 4. The van der Waals surface area contributed by atoms with Crippen LogP contribution in [0.25, 0.3) is 9.40 Å². The van der Waals surface area contributed by atoms with E-state index in [2.05, 4.69) is 53.3 Å². The van der Waals surface area contributed by atoms with Crippen molar-refractivity contribution in [2.45, 2.75) is 39.5 Å². The molecule has 0 N–H and O–H groups in total. The lowest BCUT2D eigenvalue weighted by Crippen LogP contribution is -1.85. The fraction of sp³-hybridized carbons (Fsp3) is 0.286. The van der Waals surface area contributed by atoms with Crippen LogP contribution < -0.4 is 0 Å². The normalized spacial score (nSPS) is 10.4. The molecule has 3 rings (SSSR count). The third-order valence-electron chi connectivity index (χ3n) is 4.03. The molecule has 0 radical (unpaired) electrons. The number of isothiocyanates is 1. The number of aliphatic imine (C=N–C) groups is 1. The summed E-state index contributed by atoms with van der Waals surface area (Å²) in [4.78, 5) is 6.22. The molecule has 0 spiro atoms. The van der Waals surface area contributed by atoms with Gasteiger partial charge in [0, 0.05) is 19.8 Å². The van der Waals surface area contributed by atoms with E-state index in [0.717, 1.165) is 11.3 Å². The van der Waals surface area contributed by atoms with Gasteiger partial charge in [-0.25, -0.2) is 4.39 Å². The van der Waals surface area contributed by atoms with Crippen LogP contribution >= 0.6 is 34.9 Å². The Hall–Kier alpha value is -1.83. The molecule has 0 fully saturated rings. The molecule has 0 unspecified atom stereocenters. The zero-order valence-electron chi connectivity index (χ0n) is 14.7.